The van der Waals surface area contributed by atoms with Crippen molar-refractivity contribution in [2.24, 2.45) is 0 Å². The molecular weight excluding hydrogens is 357 g/mol. The Morgan fingerprint density at radius 1 is 0.929 bits per heavy atom. The van der Waals surface area contributed by atoms with Crippen LogP contribution in [0.25, 0.3) is 0 Å². The van der Waals surface area contributed by atoms with Crippen molar-refractivity contribution in [2.75, 3.05) is 15.5 Å². The molecule has 0 radical (unpaired) electrons. The van der Waals surface area contributed by atoms with Crippen LogP contribution in [-0.4, -0.2) is 11.8 Å². The molecule has 0 aliphatic carbocycles. The Hall–Kier alpha value is -3.67. The molecule has 2 aliphatic rings. The number of rotatable bonds is 1. The van der Waals surface area contributed by atoms with Gasteiger partial charge in [0.2, 0.25) is 5.66 Å². The first-order valence-corrected chi connectivity index (χ1v) is 8.91. The van der Waals surface area contributed by atoms with Crippen molar-refractivity contribution >= 4 is 28.9 Å². The molecule has 6 heteroatoms. The maximum absolute atomic E-state index is 13.5. The average Bonchev–Trinajstić information content (AvgIpc) is 2.97. The molecule has 0 saturated carbocycles. The van der Waals surface area contributed by atoms with Gasteiger partial charge in [-0.15, -0.1) is 0 Å². The quantitative estimate of drug-likeness (QED) is 0.678. The Labute approximate surface area is 160 Å². The van der Waals surface area contributed by atoms with Crippen LogP contribution in [-0.2, 0) is 10.5 Å². The highest BCUT2D eigenvalue weighted by atomic mass is 19.1. The molecule has 5 rings (SSSR count). The van der Waals surface area contributed by atoms with Gasteiger partial charge >= 0.3 is 0 Å². The van der Waals surface area contributed by atoms with E-state index in [2.05, 4.69) is 10.6 Å². The lowest BCUT2D eigenvalue weighted by atomic mass is 9.91. The summed E-state index contributed by atoms with van der Waals surface area (Å²) in [6.45, 7) is 1.90. The highest BCUT2D eigenvalue weighted by Gasteiger charge is 2.57. The molecule has 138 valence electrons. The number of hydrogen-bond donors (Lipinski definition) is 2. The molecule has 28 heavy (non-hydrogen) atoms. The van der Waals surface area contributed by atoms with E-state index in [0.717, 1.165) is 5.56 Å². The summed E-state index contributed by atoms with van der Waals surface area (Å²) >= 11 is 0. The highest BCUT2D eigenvalue weighted by molar-refractivity contribution is 6.22. The third-order valence-electron chi connectivity index (χ3n) is 5.33. The van der Waals surface area contributed by atoms with Crippen LogP contribution in [0.4, 0.5) is 21.5 Å². The smallest absolute Gasteiger partial charge is 0.276 e. The average molecular weight is 373 g/mol. The van der Waals surface area contributed by atoms with Gasteiger partial charge < -0.3 is 10.6 Å². The summed E-state index contributed by atoms with van der Waals surface area (Å²) < 4.78 is 13.5. The second kappa shape index (κ2) is 5.66. The molecule has 0 unspecified atom stereocenters. The first-order valence-electron chi connectivity index (χ1n) is 8.91. The fraction of sp³-hybridized carbons (Fsp3) is 0.0909. The van der Waals surface area contributed by atoms with E-state index >= 15 is 0 Å². The van der Waals surface area contributed by atoms with E-state index in [4.69, 9.17) is 0 Å². The van der Waals surface area contributed by atoms with Gasteiger partial charge in [-0.2, -0.15) is 0 Å². The van der Waals surface area contributed by atoms with Crippen LogP contribution in [0, 0.1) is 12.7 Å². The van der Waals surface area contributed by atoms with Crippen LogP contribution >= 0.6 is 0 Å². The van der Waals surface area contributed by atoms with Crippen molar-refractivity contribution in [3.63, 3.8) is 0 Å². The van der Waals surface area contributed by atoms with Gasteiger partial charge in [0, 0.05) is 16.9 Å². The third-order valence-corrected chi connectivity index (χ3v) is 5.33. The minimum atomic E-state index is -1.45. The summed E-state index contributed by atoms with van der Waals surface area (Å²) in [5.74, 6) is -1.10. The Balaban J connectivity index is 1.82. The van der Waals surface area contributed by atoms with Gasteiger partial charge in [0.05, 0.1) is 11.3 Å². The molecule has 5 nitrogen and oxygen atoms in total. The van der Waals surface area contributed by atoms with Crippen LogP contribution in [0.5, 0.6) is 0 Å². The highest BCUT2D eigenvalue weighted by Crippen LogP contribution is 2.47. The SMILES string of the molecule is Cc1cccc2c1NC(=O)[C@@]21Nc2ccccc2C(=O)N1c1ccc(F)cc1. The van der Waals surface area contributed by atoms with Gasteiger partial charge in [-0.1, -0.05) is 30.3 Å². The molecule has 2 heterocycles. The predicted molar refractivity (Wildman–Crippen MR) is 105 cm³/mol. The van der Waals surface area contributed by atoms with Gasteiger partial charge in [0.25, 0.3) is 11.8 Å². The molecule has 0 saturated heterocycles. The molecule has 2 amide bonds. The van der Waals surface area contributed by atoms with Crippen LogP contribution in [0.3, 0.4) is 0 Å². The van der Waals surface area contributed by atoms with Gasteiger partial charge in [0.15, 0.2) is 0 Å². The number of carbonyl (C=O) groups excluding carboxylic acids is 2. The van der Waals surface area contributed by atoms with Crippen molar-refractivity contribution in [2.45, 2.75) is 12.6 Å². The number of halogens is 1. The molecule has 2 aliphatic heterocycles. The second-order valence-electron chi connectivity index (χ2n) is 6.95. The maximum atomic E-state index is 13.5. The Kier molecular flexibility index (Phi) is 3.34. The van der Waals surface area contributed by atoms with Crippen LogP contribution < -0.4 is 15.5 Å². The van der Waals surface area contributed by atoms with Gasteiger partial charge in [0.1, 0.15) is 5.82 Å². The summed E-state index contributed by atoms with van der Waals surface area (Å²) in [7, 11) is 0. The first-order chi connectivity index (χ1) is 13.5. The number of nitrogens with zero attached hydrogens (tertiary/aromatic N) is 1. The number of aryl methyl sites for hydroxylation is 1. The molecule has 0 aromatic heterocycles. The zero-order valence-electron chi connectivity index (χ0n) is 15.0. The molecular formula is C22H16FN3O2. The predicted octanol–water partition coefficient (Wildman–Crippen LogP) is 4.01. The number of anilines is 3. The van der Waals surface area contributed by atoms with Crippen LogP contribution in [0.2, 0.25) is 0 Å². The van der Waals surface area contributed by atoms with Gasteiger partial charge in [-0.3, -0.25) is 14.5 Å². The topological polar surface area (TPSA) is 61.4 Å². The Morgan fingerprint density at radius 2 is 1.68 bits per heavy atom. The summed E-state index contributed by atoms with van der Waals surface area (Å²) in [4.78, 5) is 28.3. The summed E-state index contributed by atoms with van der Waals surface area (Å²) in [6, 6.07) is 18.2. The summed E-state index contributed by atoms with van der Waals surface area (Å²) in [6.07, 6.45) is 0. The van der Waals surface area contributed by atoms with E-state index in [9.17, 15) is 14.0 Å². The van der Waals surface area contributed by atoms with Crippen molar-refractivity contribution in [3.05, 3.63) is 89.2 Å². The Bertz CT molecular complexity index is 1140. The largest absolute Gasteiger partial charge is 0.350 e. The van der Waals surface area contributed by atoms with E-state index in [1.807, 2.05) is 31.2 Å². The number of amides is 2. The molecule has 1 spiro atoms. The standard InChI is InChI=1S/C22H16FN3O2/c1-13-5-4-7-17-19(13)24-21(28)22(17)25-18-8-3-2-6-16(18)20(27)26(22)15-11-9-14(23)10-12-15/h2-12,25H,1H3,(H,24,28)/t22-/m1/s1. The maximum Gasteiger partial charge on any atom is 0.276 e. The number of benzene rings is 3. The number of carbonyl (C=O) groups is 2. The lowest BCUT2D eigenvalue weighted by Gasteiger charge is -2.44. The number of hydrogen-bond acceptors (Lipinski definition) is 3. The normalized spacial score (nSPS) is 19.9. The van der Waals surface area contributed by atoms with E-state index in [0.29, 0.717) is 28.2 Å². The van der Waals surface area contributed by atoms with E-state index < -0.39 is 11.5 Å². The summed E-state index contributed by atoms with van der Waals surface area (Å²) in [5.41, 5.74) is 2.24. The zero-order chi connectivity index (χ0) is 19.5. The van der Waals surface area contributed by atoms with Crippen molar-refractivity contribution < 1.29 is 14.0 Å². The van der Waals surface area contributed by atoms with Crippen molar-refractivity contribution in [3.8, 4) is 0 Å². The molecule has 3 aromatic rings. The molecule has 0 fully saturated rings. The molecule has 2 N–H and O–H groups in total. The first kappa shape index (κ1) is 16.5. The Morgan fingerprint density at radius 3 is 2.46 bits per heavy atom. The van der Waals surface area contributed by atoms with Crippen molar-refractivity contribution in [1.82, 2.24) is 0 Å². The zero-order valence-corrected chi connectivity index (χ0v) is 15.0. The second-order valence-corrected chi connectivity index (χ2v) is 6.95. The fourth-order valence-corrected chi connectivity index (χ4v) is 4.01. The van der Waals surface area contributed by atoms with E-state index in [1.54, 1.807) is 18.2 Å². The van der Waals surface area contributed by atoms with E-state index in [-0.39, 0.29) is 11.8 Å². The molecule has 1 atom stereocenters. The van der Waals surface area contributed by atoms with Gasteiger partial charge in [-0.05, 0) is 48.9 Å². The van der Waals surface area contributed by atoms with E-state index in [1.165, 1.54) is 29.2 Å². The summed E-state index contributed by atoms with van der Waals surface area (Å²) in [5, 5.41) is 6.22. The van der Waals surface area contributed by atoms with Gasteiger partial charge in [-0.25, -0.2) is 4.39 Å². The minimum absolute atomic E-state index is 0.328. The lowest BCUT2D eigenvalue weighted by Crippen LogP contribution is -2.61. The number of para-hydroxylation sites is 2. The van der Waals surface area contributed by atoms with Crippen LogP contribution in [0.15, 0.2) is 66.7 Å². The number of nitrogens with one attached hydrogen (secondary N) is 2. The minimum Gasteiger partial charge on any atom is -0.350 e. The monoisotopic (exact) mass is 373 g/mol. The molecule has 0 bridgehead atoms. The van der Waals surface area contributed by atoms with Crippen molar-refractivity contribution in [1.29, 1.82) is 0 Å². The third kappa shape index (κ3) is 2.05. The fourth-order valence-electron chi connectivity index (χ4n) is 4.01. The molecule has 3 aromatic carbocycles. The lowest BCUT2D eigenvalue weighted by molar-refractivity contribution is -0.119. The number of fused-ring (bicyclic) bond motifs is 3. The van der Waals surface area contributed by atoms with Crippen LogP contribution in [0.1, 0.15) is 21.5 Å².